The van der Waals surface area contributed by atoms with E-state index in [0.29, 0.717) is 22.7 Å². The van der Waals surface area contributed by atoms with Crippen LogP contribution in [0.5, 0.6) is 11.6 Å². The van der Waals surface area contributed by atoms with Crippen molar-refractivity contribution in [2.45, 2.75) is 18.4 Å². The van der Waals surface area contributed by atoms with Gasteiger partial charge in [-0.3, -0.25) is 4.72 Å². The fourth-order valence-electron chi connectivity index (χ4n) is 3.74. The summed E-state index contributed by atoms with van der Waals surface area (Å²) in [6.45, 7) is 3.20. The van der Waals surface area contributed by atoms with Crippen LogP contribution in [-0.2, 0) is 16.6 Å². The van der Waals surface area contributed by atoms with Gasteiger partial charge in [0.1, 0.15) is 24.5 Å². The first kappa shape index (κ1) is 23.1. The van der Waals surface area contributed by atoms with Crippen molar-refractivity contribution >= 4 is 44.3 Å². The van der Waals surface area contributed by atoms with Crippen molar-refractivity contribution in [2.24, 2.45) is 0 Å². The van der Waals surface area contributed by atoms with E-state index < -0.39 is 10.0 Å². The topological polar surface area (TPSA) is 107 Å². The number of halogens is 1. The summed E-state index contributed by atoms with van der Waals surface area (Å²) < 4.78 is 40.6. The molecule has 180 valence electrons. The average Bonchev–Trinajstić information content (AvgIpc) is 2.84. The maximum atomic E-state index is 13.2. The van der Waals surface area contributed by atoms with Crippen molar-refractivity contribution in [3.63, 3.8) is 0 Å². The van der Waals surface area contributed by atoms with Crippen LogP contribution in [0.15, 0.2) is 59.6 Å². The van der Waals surface area contributed by atoms with E-state index in [4.69, 9.17) is 21.1 Å². The Morgan fingerprint density at radius 3 is 2.89 bits per heavy atom. The number of benzene rings is 2. The number of anilines is 2. The third-order valence-corrected chi connectivity index (χ3v) is 7.53. The first-order chi connectivity index (χ1) is 16.8. The number of nitrogens with one attached hydrogen (secondary N) is 1. The molecule has 0 amide bonds. The number of rotatable bonds is 6. The van der Waals surface area contributed by atoms with Crippen LogP contribution < -0.4 is 19.1 Å². The summed E-state index contributed by atoms with van der Waals surface area (Å²) in [5.41, 5.74) is 3.02. The van der Waals surface area contributed by atoms with Crippen LogP contribution in [0.4, 0.5) is 11.5 Å². The molecule has 0 saturated carbocycles. The number of pyridine rings is 1. The summed E-state index contributed by atoms with van der Waals surface area (Å²) in [7, 11) is -2.03. The maximum absolute atomic E-state index is 13.2. The highest BCUT2D eigenvalue weighted by atomic mass is 35.5. The molecule has 1 aliphatic heterocycles. The zero-order valence-corrected chi connectivity index (χ0v) is 20.6. The average molecular weight is 512 g/mol. The first-order valence-corrected chi connectivity index (χ1v) is 12.7. The molecule has 2 aromatic carbocycles. The minimum Gasteiger partial charge on any atom is -0.490 e. The molecule has 0 unspecified atom stereocenters. The normalized spacial score (nSPS) is 13.3. The standard InChI is InChI=1S/C24H22ClN5O4S/c1-15-17(25)5-3-7-21(15)35(31,32)29-23-24(27-18-6-4-10-26-22(18)28-23)34-14-16-8-9-20-19(13-16)30(2)11-12-33-20/h3-10,13H,11-12,14H2,1-2H3,(H,26,28,29). The smallest absolute Gasteiger partial charge is 0.263 e. The molecular formula is C24H22ClN5O4S. The van der Waals surface area contributed by atoms with Gasteiger partial charge in [-0.2, -0.15) is 0 Å². The molecule has 1 N–H and O–H groups in total. The Morgan fingerprint density at radius 2 is 2.03 bits per heavy atom. The number of hydrogen-bond acceptors (Lipinski definition) is 8. The van der Waals surface area contributed by atoms with Gasteiger partial charge in [-0.15, -0.1) is 0 Å². The molecule has 5 rings (SSSR count). The van der Waals surface area contributed by atoms with Gasteiger partial charge in [-0.25, -0.2) is 23.4 Å². The van der Waals surface area contributed by atoms with Gasteiger partial charge < -0.3 is 14.4 Å². The SMILES string of the molecule is Cc1c(Cl)cccc1S(=O)(=O)Nc1nc2ncccc2nc1OCc1ccc2c(c1)N(C)CCO2. The predicted molar refractivity (Wildman–Crippen MR) is 134 cm³/mol. The third-order valence-electron chi connectivity index (χ3n) is 5.64. The highest BCUT2D eigenvalue weighted by Gasteiger charge is 2.23. The van der Waals surface area contributed by atoms with Crippen molar-refractivity contribution in [1.82, 2.24) is 15.0 Å². The number of hydrogen-bond donors (Lipinski definition) is 1. The van der Waals surface area contributed by atoms with Gasteiger partial charge in [0, 0.05) is 18.3 Å². The summed E-state index contributed by atoms with van der Waals surface area (Å²) in [5, 5.41) is 0.344. The molecule has 1 aliphatic rings. The van der Waals surface area contributed by atoms with Gasteiger partial charge in [0.05, 0.1) is 17.1 Å². The number of likely N-dealkylation sites (N-methyl/N-ethyl adjacent to an activating group) is 1. The van der Waals surface area contributed by atoms with Crippen LogP contribution in [0, 0.1) is 6.92 Å². The predicted octanol–water partition coefficient (Wildman–Crippen LogP) is 4.20. The molecule has 0 aliphatic carbocycles. The van der Waals surface area contributed by atoms with Gasteiger partial charge in [0.15, 0.2) is 5.65 Å². The third kappa shape index (κ3) is 4.67. The van der Waals surface area contributed by atoms with E-state index in [2.05, 4.69) is 24.6 Å². The Labute approximate surface area is 207 Å². The molecule has 0 saturated heterocycles. The maximum Gasteiger partial charge on any atom is 0.263 e. The summed E-state index contributed by atoms with van der Waals surface area (Å²) in [4.78, 5) is 15.2. The monoisotopic (exact) mass is 511 g/mol. The number of ether oxygens (including phenoxy) is 2. The van der Waals surface area contributed by atoms with E-state index in [1.54, 1.807) is 37.4 Å². The fourth-order valence-corrected chi connectivity index (χ4v) is 5.24. The van der Waals surface area contributed by atoms with Crippen LogP contribution in [0.1, 0.15) is 11.1 Å². The van der Waals surface area contributed by atoms with E-state index >= 15 is 0 Å². The molecule has 0 fully saturated rings. The zero-order valence-electron chi connectivity index (χ0n) is 19.0. The van der Waals surface area contributed by atoms with Crippen LogP contribution >= 0.6 is 11.6 Å². The lowest BCUT2D eigenvalue weighted by atomic mass is 10.1. The molecule has 0 radical (unpaired) electrons. The number of fused-ring (bicyclic) bond motifs is 2. The van der Waals surface area contributed by atoms with E-state index in [9.17, 15) is 8.42 Å². The lowest BCUT2D eigenvalue weighted by molar-refractivity contribution is 0.293. The van der Waals surface area contributed by atoms with Crippen LogP contribution in [0.3, 0.4) is 0 Å². The van der Waals surface area contributed by atoms with Crippen molar-refractivity contribution < 1.29 is 17.9 Å². The first-order valence-electron chi connectivity index (χ1n) is 10.8. The fraction of sp³-hybridized carbons (Fsp3) is 0.208. The largest absolute Gasteiger partial charge is 0.490 e. The van der Waals surface area contributed by atoms with Gasteiger partial charge in [-0.1, -0.05) is 23.7 Å². The number of sulfonamides is 1. The molecular weight excluding hydrogens is 490 g/mol. The Hall–Kier alpha value is -3.63. The van der Waals surface area contributed by atoms with Gasteiger partial charge in [0.2, 0.25) is 5.82 Å². The Bertz CT molecular complexity index is 1530. The van der Waals surface area contributed by atoms with Gasteiger partial charge in [-0.05, 0) is 54.4 Å². The minimum absolute atomic E-state index is 0.0380. The Kier molecular flexibility index (Phi) is 6.08. The van der Waals surface area contributed by atoms with E-state index in [0.717, 1.165) is 23.5 Å². The van der Waals surface area contributed by atoms with Gasteiger partial charge >= 0.3 is 0 Å². The molecule has 3 heterocycles. The molecule has 0 spiro atoms. The van der Waals surface area contributed by atoms with Crippen LogP contribution in [-0.4, -0.2) is 43.6 Å². The summed E-state index contributed by atoms with van der Waals surface area (Å²) in [6, 6.07) is 13.9. The van der Waals surface area contributed by atoms with E-state index in [-0.39, 0.29) is 28.8 Å². The molecule has 11 heteroatoms. The van der Waals surface area contributed by atoms with Gasteiger partial charge in [0.25, 0.3) is 15.9 Å². The van der Waals surface area contributed by atoms with Crippen LogP contribution in [0.2, 0.25) is 5.02 Å². The number of aromatic nitrogens is 3. The van der Waals surface area contributed by atoms with Crippen molar-refractivity contribution in [3.05, 3.63) is 70.9 Å². The summed E-state index contributed by atoms with van der Waals surface area (Å²) >= 11 is 6.14. The Balaban J connectivity index is 1.48. The summed E-state index contributed by atoms with van der Waals surface area (Å²) in [6.07, 6.45) is 1.56. The molecule has 2 aromatic heterocycles. The molecule has 35 heavy (non-hydrogen) atoms. The second-order valence-electron chi connectivity index (χ2n) is 8.05. The number of nitrogens with zero attached hydrogens (tertiary/aromatic N) is 4. The highest BCUT2D eigenvalue weighted by molar-refractivity contribution is 7.92. The minimum atomic E-state index is -4.03. The quantitative estimate of drug-likeness (QED) is 0.410. The highest BCUT2D eigenvalue weighted by Crippen LogP contribution is 2.33. The molecule has 9 nitrogen and oxygen atoms in total. The van der Waals surface area contributed by atoms with Crippen molar-refractivity contribution in [2.75, 3.05) is 29.8 Å². The molecule has 4 aromatic rings. The van der Waals surface area contributed by atoms with Crippen molar-refractivity contribution in [1.29, 1.82) is 0 Å². The lowest BCUT2D eigenvalue weighted by Gasteiger charge is -2.28. The van der Waals surface area contributed by atoms with Crippen LogP contribution in [0.25, 0.3) is 11.2 Å². The molecule has 0 atom stereocenters. The van der Waals surface area contributed by atoms with E-state index in [1.807, 2.05) is 25.2 Å². The van der Waals surface area contributed by atoms with Crippen molar-refractivity contribution in [3.8, 4) is 11.6 Å². The second kappa shape index (κ2) is 9.20. The summed E-state index contributed by atoms with van der Waals surface area (Å²) in [5.74, 6) is 0.787. The zero-order chi connectivity index (χ0) is 24.6. The lowest BCUT2D eigenvalue weighted by Crippen LogP contribution is -2.28. The van der Waals surface area contributed by atoms with E-state index in [1.165, 1.54) is 6.07 Å². The molecule has 0 bridgehead atoms. The second-order valence-corrected chi connectivity index (χ2v) is 10.1. The Morgan fingerprint density at radius 1 is 1.17 bits per heavy atom.